The number of imidazole rings is 1. The zero-order valence-electron chi connectivity index (χ0n) is 16.6. The Morgan fingerprint density at radius 3 is 2.50 bits per heavy atom. The van der Waals surface area contributed by atoms with Gasteiger partial charge >= 0.3 is 0 Å². The van der Waals surface area contributed by atoms with E-state index in [-0.39, 0.29) is 17.9 Å². The first-order valence-corrected chi connectivity index (χ1v) is 9.18. The van der Waals surface area contributed by atoms with Crippen LogP contribution in [0, 0.1) is 32.4 Å². The van der Waals surface area contributed by atoms with Crippen LogP contribution in [0.4, 0.5) is 8.78 Å². The van der Waals surface area contributed by atoms with Crippen molar-refractivity contribution in [3.05, 3.63) is 76.4 Å². The van der Waals surface area contributed by atoms with E-state index in [0.29, 0.717) is 28.6 Å². The first-order valence-electron chi connectivity index (χ1n) is 9.18. The fourth-order valence-corrected chi connectivity index (χ4v) is 3.34. The van der Waals surface area contributed by atoms with Crippen LogP contribution < -0.4 is 10.5 Å². The number of rotatable bonds is 5. The summed E-state index contributed by atoms with van der Waals surface area (Å²) < 4.78 is 37.0. The second kappa shape index (κ2) is 7.25. The lowest BCUT2D eigenvalue weighted by molar-refractivity contribution is 0.0995. The predicted octanol–water partition coefficient (Wildman–Crippen LogP) is 3.40. The van der Waals surface area contributed by atoms with Gasteiger partial charge in [-0.2, -0.15) is 5.10 Å². The number of ether oxygens (including phenoxy) is 1. The maximum Gasteiger partial charge on any atom is 0.269 e. The van der Waals surface area contributed by atoms with Crippen molar-refractivity contribution in [3.8, 4) is 11.6 Å². The van der Waals surface area contributed by atoms with Crippen molar-refractivity contribution < 1.29 is 18.3 Å². The number of carbonyl (C=O) groups excluding carboxylic acids is 1. The number of fused-ring (bicyclic) bond motifs is 1. The van der Waals surface area contributed by atoms with Crippen LogP contribution in [0.1, 0.15) is 33.0 Å². The van der Waals surface area contributed by atoms with Crippen molar-refractivity contribution in [2.24, 2.45) is 5.73 Å². The number of pyridine rings is 1. The third kappa shape index (κ3) is 3.28. The van der Waals surface area contributed by atoms with Gasteiger partial charge in [-0.3, -0.25) is 9.20 Å². The molecule has 0 aliphatic rings. The summed E-state index contributed by atoms with van der Waals surface area (Å²) in [4.78, 5) is 16.1. The van der Waals surface area contributed by atoms with Gasteiger partial charge in [0.2, 0.25) is 0 Å². The number of amides is 1. The van der Waals surface area contributed by atoms with Crippen LogP contribution in [0.25, 0.3) is 11.5 Å². The monoisotopic (exact) mass is 411 g/mol. The molecule has 0 unspecified atom stereocenters. The van der Waals surface area contributed by atoms with E-state index in [1.165, 1.54) is 18.2 Å². The number of hydrogen-bond donors (Lipinski definition) is 1. The largest absolute Gasteiger partial charge is 0.485 e. The van der Waals surface area contributed by atoms with Crippen LogP contribution in [0.2, 0.25) is 0 Å². The summed E-state index contributed by atoms with van der Waals surface area (Å²) in [6, 6.07) is 7.00. The zero-order valence-corrected chi connectivity index (χ0v) is 16.6. The van der Waals surface area contributed by atoms with E-state index in [1.54, 1.807) is 35.1 Å². The Hall–Kier alpha value is -3.75. The van der Waals surface area contributed by atoms with Crippen LogP contribution >= 0.6 is 0 Å². The first kappa shape index (κ1) is 19.6. The molecule has 0 atom stereocenters. The van der Waals surface area contributed by atoms with Gasteiger partial charge in [0.1, 0.15) is 18.2 Å². The predicted molar refractivity (Wildman–Crippen MR) is 106 cm³/mol. The molecule has 2 N–H and O–H groups in total. The van der Waals surface area contributed by atoms with Gasteiger partial charge in [-0.1, -0.05) is 6.07 Å². The van der Waals surface area contributed by atoms with Crippen LogP contribution in [0.15, 0.2) is 36.5 Å². The molecule has 1 amide bonds. The van der Waals surface area contributed by atoms with Crippen LogP contribution in [-0.4, -0.2) is 25.1 Å². The minimum Gasteiger partial charge on any atom is -0.485 e. The molecule has 0 aliphatic carbocycles. The molecule has 4 aromatic rings. The van der Waals surface area contributed by atoms with E-state index in [1.807, 2.05) is 13.1 Å². The number of nitrogens with two attached hydrogens (primary N) is 1. The molecule has 0 fully saturated rings. The average molecular weight is 411 g/mol. The quantitative estimate of drug-likeness (QED) is 0.545. The van der Waals surface area contributed by atoms with E-state index in [0.717, 1.165) is 5.56 Å². The lowest BCUT2D eigenvalue weighted by Gasteiger charge is -2.11. The highest BCUT2D eigenvalue weighted by molar-refractivity contribution is 5.90. The highest BCUT2D eigenvalue weighted by atomic mass is 19.1. The number of halogens is 2. The second-order valence-electron chi connectivity index (χ2n) is 7.03. The maximum absolute atomic E-state index is 14.0. The van der Waals surface area contributed by atoms with Crippen LogP contribution in [0.3, 0.4) is 0 Å². The van der Waals surface area contributed by atoms with Crippen molar-refractivity contribution in [3.63, 3.8) is 0 Å². The molecule has 0 bridgehead atoms. The summed E-state index contributed by atoms with van der Waals surface area (Å²) in [7, 11) is 0. The minimum absolute atomic E-state index is 0.140. The Balaban J connectivity index is 1.81. The summed E-state index contributed by atoms with van der Waals surface area (Å²) in [5.74, 6) is -1.00. The van der Waals surface area contributed by atoms with Crippen molar-refractivity contribution in [1.29, 1.82) is 0 Å². The maximum atomic E-state index is 14.0. The third-order valence-corrected chi connectivity index (χ3v) is 4.74. The summed E-state index contributed by atoms with van der Waals surface area (Å²) in [6.07, 6.45) is 1.84. The van der Waals surface area contributed by atoms with Gasteiger partial charge in [0, 0.05) is 11.9 Å². The number of primary amides is 1. The number of nitrogens with zero attached hydrogens (tertiary/aromatic N) is 4. The Kier molecular flexibility index (Phi) is 4.73. The molecular weight excluding hydrogens is 392 g/mol. The van der Waals surface area contributed by atoms with Gasteiger partial charge in [-0.25, -0.2) is 18.4 Å². The summed E-state index contributed by atoms with van der Waals surface area (Å²) in [6.45, 7) is 5.17. The fourth-order valence-electron chi connectivity index (χ4n) is 3.34. The number of aryl methyl sites for hydroxylation is 3. The van der Waals surface area contributed by atoms with Crippen LogP contribution in [-0.2, 0) is 6.61 Å². The molecule has 7 nitrogen and oxygen atoms in total. The first-order chi connectivity index (χ1) is 14.3. The van der Waals surface area contributed by atoms with Crippen molar-refractivity contribution in [2.75, 3.05) is 0 Å². The third-order valence-electron chi connectivity index (χ3n) is 4.74. The second-order valence-corrected chi connectivity index (χ2v) is 7.03. The zero-order chi connectivity index (χ0) is 21.6. The Morgan fingerprint density at radius 2 is 1.87 bits per heavy atom. The Morgan fingerprint density at radius 1 is 1.17 bits per heavy atom. The molecule has 3 heterocycles. The number of carbonyl (C=O) groups is 1. The molecule has 1 aromatic carbocycles. The molecule has 30 heavy (non-hydrogen) atoms. The fraction of sp³-hybridized carbons (Fsp3) is 0.190. The highest BCUT2D eigenvalue weighted by Gasteiger charge is 2.20. The molecule has 154 valence electrons. The van der Waals surface area contributed by atoms with E-state index >= 15 is 0 Å². The molecule has 3 aromatic heterocycles. The van der Waals surface area contributed by atoms with E-state index in [4.69, 9.17) is 10.5 Å². The van der Waals surface area contributed by atoms with Gasteiger partial charge in [0.25, 0.3) is 5.91 Å². The molecular formula is C21H19F2N5O2. The van der Waals surface area contributed by atoms with Gasteiger partial charge in [0.15, 0.2) is 22.9 Å². The molecule has 0 spiro atoms. The average Bonchev–Trinajstić information content (AvgIpc) is 3.20. The number of hydrogen-bond acceptors (Lipinski definition) is 4. The van der Waals surface area contributed by atoms with Crippen molar-refractivity contribution >= 4 is 11.6 Å². The summed E-state index contributed by atoms with van der Waals surface area (Å²) in [5.41, 5.74) is 7.96. The highest BCUT2D eigenvalue weighted by Crippen LogP contribution is 2.28. The van der Waals surface area contributed by atoms with Gasteiger partial charge < -0.3 is 10.5 Å². The minimum atomic E-state index is -0.676. The standard InChI is InChI=1S/C21H19F2N5O2/c1-11-7-18(30-10-14-15(22)5-4-6-16(14)23)20-25-13(3)21(27(20)9-11)28-12(2)8-17(26-28)19(24)29/h4-9H,10H2,1-3H3,(H2,24,29). The summed E-state index contributed by atoms with van der Waals surface area (Å²) >= 11 is 0. The molecule has 0 saturated carbocycles. The molecule has 9 heteroatoms. The Bertz CT molecular complexity index is 1270. The summed E-state index contributed by atoms with van der Waals surface area (Å²) in [5, 5.41) is 4.28. The normalized spacial score (nSPS) is 11.2. The van der Waals surface area contributed by atoms with Gasteiger partial charge in [0.05, 0.1) is 11.3 Å². The number of aromatic nitrogens is 4. The molecule has 4 rings (SSSR count). The van der Waals surface area contributed by atoms with Gasteiger partial charge in [-0.15, -0.1) is 0 Å². The van der Waals surface area contributed by atoms with Crippen molar-refractivity contribution in [1.82, 2.24) is 19.2 Å². The number of benzene rings is 1. The van der Waals surface area contributed by atoms with E-state index in [2.05, 4.69) is 10.1 Å². The van der Waals surface area contributed by atoms with Crippen LogP contribution in [0.5, 0.6) is 5.75 Å². The lowest BCUT2D eigenvalue weighted by atomic mass is 10.2. The topological polar surface area (TPSA) is 87.4 Å². The van der Waals surface area contributed by atoms with E-state index < -0.39 is 17.5 Å². The smallest absolute Gasteiger partial charge is 0.269 e. The molecule has 0 saturated heterocycles. The molecule has 0 radical (unpaired) electrons. The Labute approximate surface area is 170 Å². The van der Waals surface area contributed by atoms with Crippen molar-refractivity contribution in [2.45, 2.75) is 27.4 Å². The molecule has 0 aliphatic heterocycles. The van der Waals surface area contributed by atoms with E-state index in [9.17, 15) is 13.6 Å². The SMILES string of the molecule is Cc1cc(OCc2c(F)cccc2F)c2nc(C)c(-n3nc(C(N)=O)cc3C)n2c1. The van der Waals surface area contributed by atoms with Gasteiger partial charge in [-0.05, 0) is 50.6 Å². The lowest BCUT2D eigenvalue weighted by Crippen LogP contribution is -2.13.